The first-order valence-corrected chi connectivity index (χ1v) is 11.8. The summed E-state index contributed by atoms with van der Waals surface area (Å²) >= 11 is 0. The number of carbonyl (C=O) groups excluding carboxylic acids is 1. The van der Waals surface area contributed by atoms with E-state index in [1.165, 1.54) is 25.9 Å². The summed E-state index contributed by atoms with van der Waals surface area (Å²) in [6.45, 7) is 4.45. The molecule has 4 rings (SSSR count). The number of nitrogens with two attached hydrogens (primary N) is 2. The van der Waals surface area contributed by atoms with Crippen molar-refractivity contribution in [3.8, 4) is 11.5 Å². The molecule has 0 aliphatic carbocycles. The van der Waals surface area contributed by atoms with Crippen LogP contribution in [0.3, 0.4) is 0 Å². The number of hydrogen-bond acceptors (Lipinski definition) is 8. The predicted octanol–water partition coefficient (Wildman–Crippen LogP) is 2.16. The van der Waals surface area contributed by atoms with Crippen LogP contribution in [-0.2, 0) is 11.2 Å². The Kier molecular flexibility index (Phi) is 12.6. The number of nitrogens with one attached hydrogen (secondary N) is 2. The Morgan fingerprint density at radius 2 is 1.79 bits per heavy atom. The van der Waals surface area contributed by atoms with Crippen LogP contribution in [0.15, 0.2) is 42.5 Å². The minimum atomic E-state index is -0.0217. The molecule has 9 nitrogen and oxygen atoms in total. The van der Waals surface area contributed by atoms with Gasteiger partial charge in [-0.15, -0.1) is 0 Å². The van der Waals surface area contributed by atoms with Gasteiger partial charge in [0.15, 0.2) is 11.5 Å². The zero-order valence-electron chi connectivity index (χ0n) is 20.1. The van der Waals surface area contributed by atoms with Crippen molar-refractivity contribution in [1.82, 2.24) is 10.2 Å². The number of hydrazine groups is 1. The Balaban J connectivity index is 0.000000223. The average molecular weight is 474 g/mol. The van der Waals surface area contributed by atoms with Gasteiger partial charge >= 0.3 is 0 Å². The Bertz CT molecular complexity index is 859. The molecule has 2 heterocycles. The molecule has 1 amide bonds. The number of fused-ring (bicyclic) bond motifs is 1. The first kappa shape index (κ1) is 27.2. The van der Waals surface area contributed by atoms with Gasteiger partial charge in [0.2, 0.25) is 5.91 Å². The van der Waals surface area contributed by atoms with Crippen molar-refractivity contribution in [3.05, 3.63) is 48.0 Å². The fraction of sp³-hybridized carbons (Fsp3) is 0.480. The number of carbonyl (C=O) groups is 1. The summed E-state index contributed by atoms with van der Waals surface area (Å²) in [7, 11) is 2.17. The van der Waals surface area contributed by atoms with Crippen LogP contribution in [-0.4, -0.2) is 62.4 Å². The molecule has 7 N–H and O–H groups in total. The lowest BCUT2D eigenvalue weighted by Gasteiger charge is -2.18. The monoisotopic (exact) mass is 473 g/mol. The lowest BCUT2D eigenvalue weighted by Crippen LogP contribution is -2.25. The number of benzene rings is 2. The van der Waals surface area contributed by atoms with E-state index in [0.29, 0.717) is 38.3 Å². The maximum Gasteiger partial charge on any atom is 0.220 e. The number of hydrogen-bond donors (Lipinski definition) is 5. The molecule has 34 heavy (non-hydrogen) atoms. The second-order valence-electron chi connectivity index (χ2n) is 8.15. The van der Waals surface area contributed by atoms with Gasteiger partial charge in [-0.25, -0.2) is 0 Å². The van der Waals surface area contributed by atoms with E-state index in [-0.39, 0.29) is 12.5 Å². The molecule has 2 aliphatic heterocycles. The van der Waals surface area contributed by atoms with Crippen LogP contribution in [0.5, 0.6) is 11.5 Å². The third-order valence-electron chi connectivity index (χ3n) is 5.35. The van der Waals surface area contributed by atoms with Gasteiger partial charge < -0.3 is 36.0 Å². The number of para-hydroxylation sites is 2. The van der Waals surface area contributed by atoms with E-state index < -0.39 is 0 Å². The van der Waals surface area contributed by atoms with Crippen LogP contribution >= 0.6 is 0 Å². The van der Waals surface area contributed by atoms with E-state index >= 15 is 0 Å². The van der Waals surface area contributed by atoms with Crippen molar-refractivity contribution in [1.29, 1.82) is 0 Å². The van der Waals surface area contributed by atoms with Crippen LogP contribution in [0.4, 0.5) is 11.4 Å². The van der Waals surface area contributed by atoms with Gasteiger partial charge in [-0.3, -0.25) is 10.6 Å². The van der Waals surface area contributed by atoms with Crippen molar-refractivity contribution in [3.63, 3.8) is 0 Å². The van der Waals surface area contributed by atoms with Gasteiger partial charge in [-0.1, -0.05) is 18.2 Å². The fourth-order valence-corrected chi connectivity index (χ4v) is 3.42. The van der Waals surface area contributed by atoms with Crippen LogP contribution in [0.1, 0.15) is 31.2 Å². The maximum absolute atomic E-state index is 11.4. The average Bonchev–Trinajstić information content (AvgIpc) is 3.34. The zero-order valence-corrected chi connectivity index (χ0v) is 20.1. The Morgan fingerprint density at radius 1 is 1.09 bits per heavy atom. The Hall–Kier alpha value is -3.01. The lowest BCUT2D eigenvalue weighted by molar-refractivity contribution is -0.121. The van der Waals surface area contributed by atoms with Crippen LogP contribution in [0.2, 0.25) is 0 Å². The van der Waals surface area contributed by atoms with Crippen molar-refractivity contribution in [2.75, 3.05) is 57.7 Å². The van der Waals surface area contributed by atoms with Gasteiger partial charge in [0, 0.05) is 19.6 Å². The first-order chi connectivity index (χ1) is 16.5. The second-order valence-corrected chi connectivity index (χ2v) is 8.15. The Labute approximate surface area is 202 Å². The van der Waals surface area contributed by atoms with E-state index in [4.69, 9.17) is 26.2 Å². The van der Waals surface area contributed by atoms with Gasteiger partial charge in [-0.2, -0.15) is 0 Å². The highest BCUT2D eigenvalue weighted by molar-refractivity contribution is 5.75. The molecule has 0 bridgehead atoms. The van der Waals surface area contributed by atoms with E-state index in [2.05, 4.69) is 22.7 Å². The minimum Gasteiger partial charge on any atom is -0.486 e. The molecule has 0 unspecified atom stereocenters. The van der Waals surface area contributed by atoms with Gasteiger partial charge in [0.1, 0.15) is 13.2 Å². The third kappa shape index (κ3) is 10.3. The first-order valence-electron chi connectivity index (χ1n) is 11.8. The predicted molar refractivity (Wildman–Crippen MR) is 136 cm³/mol. The number of amides is 1. The highest BCUT2D eigenvalue weighted by atomic mass is 16.6. The molecule has 1 saturated heterocycles. The second kappa shape index (κ2) is 15.8. The molecular formula is C25H39N5O4. The molecule has 188 valence electrons. The topological polar surface area (TPSA) is 135 Å². The normalized spacial score (nSPS) is 14.2. The summed E-state index contributed by atoms with van der Waals surface area (Å²) in [6.07, 6.45) is 4.46. The molecule has 0 radical (unpaired) electrons. The number of ether oxygens (including phenoxy) is 2. The van der Waals surface area contributed by atoms with E-state index in [1.807, 2.05) is 36.4 Å². The number of anilines is 2. The lowest BCUT2D eigenvalue weighted by atomic mass is 10.1. The van der Waals surface area contributed by atoms with E-state index in [9.17, 15) is 4.79 Å². The van der Waals surface area contributed by atoms with Crippen LogP contribution in [0, 0.1) is 0 Å². The summed E-state index contributed by atoms with van der Waals surface area (Å²) in [5.74, 6) is 6.65. The van der Waals surface area contributed by atoms with Gasteiger partial charge in [-0.05, 0) is 75.6 Å². The minimum absolute atomic E-state index is 0.0217. The van der Waals surface area contributed by atoms with Gasteiger partial charge in [0.25, 0.3) is 0 Å². The highest BCUT2D eigenvalue weighted by Crippen LogP contribution is 2.30. The third-order valence-corrected chi connectivity index (χ3v) is 5.35. The molecule has 2 aromatic rings. The highest BCUT2D eigenvalue weighted by Gasteiger charge is 2.11. The quantitative estimate of drug-likeness (QED) is 0.235. The number of aliphatic hydroxyl groups excluding tert-OH is 1. The molecular weight excluding hydrogens is 434 g/mol. The molecule has 0 spiro atoms. The summed E-state index contributed by atoms with van der Waals surface area (Å²) in [5.41, 5.74) is 10.5. The van der Waals surface area contributed by atoms with E-state index in [0.717, 1.165) is 29.2 Å². The summed E-state index contributed by atoms with van der Waals surface area (Å²) in [4.78, 5) is 13.7. The van der Waals surface area contributed by atoms with Crippen molar-refractivity contribution in [2.45, 2.75) is 32.1 Å². The standard InChI is InChI=1S/C14H19NO4.C6H9N3.C5H11N/c16-7-1-2-14(17)15-6-5-11-3-4-12-13(10-11)19-9-8-18-12;7-5-3-1-2-4-6(5)9-8;1-6-4-2-3-5-6/h3-4,10,16H,1-2,5-9H2,(H,15,17);1-4,9H,7-8H2;2-5H2,1H3. The molecule has 1 fully saturated rings. The molecule has 0 saturated carbocycles. The van der Waals surface area contributed by atoms with Crippen LogP contribution in [0.25, 0.3) is 0 Å². The summed E-state index contributed by atoms with van der Waals surface area (Å²) in [6, 6.07) is 13.2. The SMILES string of the molecule is CN1CCCC1.NNc1ccccc1N.O=C(CCCO)NCCc1ccc2c(c1)OCCO2. The number of rotatable bonds is 7. The maximum atomic E-state index is 11.4. The van der Waals surface area contributed by atoms with E-state index in [1.54, 1.807) is 6.07 Å². The number of aliphatic hydroxyl groups is 1. The molecule has 2 aromatic carbocycles. The summed E-state index contributed by atoms with van der Waals surface area (Å²) in [5, 5.41) is 11.4. The largest absolute Gasteiger partial charge is 0.486 e. The number of nitrogen functional groups attached to an aromatic ring is 2. The molecule has 9 heteroatoms. The van der Waals surface area contributed by atoms with Crippen molar-refractivity contribution < 1.29 is 19.4 Å². The smallest absolute Gasteiger partial charge is 0.220 e. The Morgan fingerprint density at radius 3 is 2.38 bits per heavy atom. The fourth-order valence-electron chi connectivity index (χ4n) is 3.42. The number of likely N-dealkylation sites (tertiary alicyclic amines) is 1. The molecule has 0 atom stereocenters. The van der Waals surface area contributed by atoms with Crippen molar-refractivity contribution in [2.24, 2.45) is 5.84 Å². The zero-order chi connectivity index (χ0) is 24.6. The summed E-state index contributed by atoms with van der Waals surface area (Å²) < 4.78 is 11.0. The van der Waals surface area contributed by atoms with Crippen LogP contribution < -0.4 is 31.8 Å². The van der Waals surface area contributed by atoms with Crippen molar-refractivity contribution >= 4 is 17.3 Å². The molecule has 0 aromatic heterocycles. The number of nitrogens with zero attached hydrogens (tertiary/aromatic N) is 1. The van der Waals surface area contributed by atoms with Gasteiger partial charge in [0.05, 0.1) is 11.4 Å². The molecule has 2 aliphatic rings.